The van der Waals surface area contributed by atoms with E-state index in [1.807, 2.05) is 55.0 Å². The molecule has 0 N–H and O–H groups in total. The Balaban J connectivity index is 0.872. The Morgan fingerprint density at radius 1 is 0.980 bits per heavy atom. The average molecular weight is 689 g/mol. The minimum atomic E-state index is -0.491. The topological polar surface area (TPSA) is 125 Å². The van der Waals surface area contributed by atoms with Crippen molar-refractivity contribution in [1.82, 2.24) is 34.5 Å². The van der Waals surface area contributed by atoms with Crippen LogP contribution in [0.5, 0.6) is 5.88 Å². The van der Waals surface area contributed by atoms with Gasteiger partial charge in [-0.1, -0.05) is 6.07 Å². The molecule has 3 aromatic heterocycles. The smallest absolute Gasteiger partial charge is 0.237 e. The van der Waals surface area contributed by atoms with Gasteiger partial charge >= 0.3 is 0 Å². The molecule has 13 nitrogen and oxygen atoms in total. The summed E-state index contributed by atoms with van der Waals surface area (Å²) >= 11 is 0. The van der Waals surface area contributed by atoms with Crippen molar-refractivity contribution in [2.24, 2.45) is 17.5 Å². The summed E-state index contributed by atoms with van der Waals surface area (Å²) in [4.78, 5) is 54.6. The molecule has 4 aliphatic rings. The number of pyridine rings is 2. The minimum absolute atomic E-state index is 0.0447. The van der Waals surface area contributed by atoms with Gasteiger partial charge in [0.15, 0.2) is 5.82 Å². The number of hydrogen-bond donors (Lipinski definition) is 0. The number of carbonyl (C=O) groups is 2. The lowest BCUT2D eigenvalue weighted by atomic mass is 9.85. The molecule has 264 valence electrons. The molecular weight excluding hydrogens is 644 g/mol. The summed E-state index contributed by atoms with van der Waals surface area (Å²) in [6.07, 6.45) is 5.01. The zero-order valence-electron chi connectivity index (χ0n) is 29.7. The largest absolute Gasteiger partial charge is 0.475 e. The molecule has 0 radical (unpaired) electrons. The van der Waals surface area contributed by atoms with Gasteiger partial charge < -0.3 is 14.5 Å². The van der Waals surface area contributed by atoms with Gasteiger partial charge in [-0.05, 0) is 76.6 Å². The van der Waals surface area contributed by atoms with Crippen LogP contribution in [0, 0.1) is 5.41 Å². The molecule has 3 saturated heterocycles. The van der Waals surface area contributed by atoms with E-state index < -0.39 is 5.41 Å². The van der Waals surface area contributed by atoms with Gasteiger partial charge in [-0.3, -0.25) is 29.1 Å². The van der Waals surface area contributed by atoms with Gasteiger partial charge in [-0.15, -0.1) is 0 Å². The molecule has 2 atom stereocenters. The molecule has 1 aromatic carbocycles. The second-order valence-electron chi connectivity index (χ2n) is 14.5. The van der Waals surface area contributed by atoms with Gasteiger partial charge in [-0.25, -0.2) is 15.0 Å². The summed E-state index contributed by atoms with van der Waals surface area (Å²) in [5, 5.41) is 4.39. The number of rotatable bonds is 8. The van der Waals surface area contributed by atoms with E-state index in [0.29, 0.717) is 50.2 Å². The lowest BCUT2D eigenvalue weighted by Gasteiger charge is -2.41. The maximum atomic E-state index is 14.1. The number of piperazine rings is 1. The van der Waals surface area contributed by atoms with Gasteiger partial charge in [0.25, 0.3) is 0 Å². The average Bonchev–Trinajstić information content (AvgIpc) is 3.92. The number of benzene rings is 1. The van der Waals surface area contributed by atoms with Crippen molar-refractivity contribution in [3.63, 3.8) is 0 Å². The Morgan fingerprint density at radius 2 is 1.78 bits per heavy atom. The van der Waals surface area contributed by atoms with E-state index in [2.05, 4.69) is 56.1 Å². The molecule has 8 rings (SSSR count). The van der Waals surface area contributed by atoms with Crippen LogP contribution in [0.3, 0.4) is 0 Å². The second-order valence-corrected chi connectivity index (χ2v) is 14.5. The van der Waals surface area contributed by atoms with Crippen LogP contribution in [0.25, 0.3) is 11.4 Å². The van der Waals surface area contributed by atoms with Crippen molar-refractivity contribution < 1.29 is 14.3 Å². The van der Waals surface area contributed by atoms with E-state index in [-0.39, 0.29) is 24.0 Å². The number of amides is 2. The van der Waals surface area contributed by atoms with Crippen LogP contribution in [0.4, 0.5) is 11.5 Å². The lowest BCUT2D eigenvalue weighted by Crippen LogP contribution is -2.56. The molecule has 0 saturated carbocycles. The summed E-state index contributed by atoms with van der Waals surface area (Å²) in [6.45, 7) is 11.1. The number of ether oxygens (including phenoxy) is 1. The number of carbonyl (C=O) groups excluding carboxylic acids is 2. The standard InChI is InChI=1S/C38H44N10O3/c1-25(2)51-32-12-8-28(19-39-32)34-35-29(20-40-34)7-11-31(42-35)48-16-14-38(37(48)50)13-15-45(23-38)22-33(49)47-18-17-46(21-26(47)3)30-9-5-27(6-10-30)36-41-24-44(4)43-36/h5-12,19,24-26H,13-18,20-23H2,1-4H3/t26?,38-/m0/s1. The fourth-order valence-electron chi connectivity index (χ4n) is 7.91. The summed E-state index contributed by atoms with van der Waals surface area (Å²) in [7, 11) is 1.86. The van der Waals surface area contributed by atoms with Crippen LogP contribution in [-0.4, -0.2) is 110 Å². The molecule has 0 bridgehead atoms. The van der Waals surface area contributed by atoms with E-state index in [0.717, 1.165) is 66.3 Å². The van der Waals surface area contributed by atoms with Gasteiger partial charge in [-0.2, -0.15) is 5.10 Å². The first-order chi connectivity index (χ1) is 24.7. The molecule has 7 heterocycles. The Labute approximate surface area is 298 Å². The van der Waals surface area contributed by atoms with E-state index in [1.54, 1.807) is 17.2 Å². The number of anilines is 2. The number of aryl methyl sites for hydroxylation is 1. The van der Waals surface area contributed by atoms with E-state index in [9.17, 15) is 9.59 Å². The number of aromatic nitrogens is 5. The highest BCUT2D eigenvalue weighted by Crippen LogP contribution is 2.42. The van der Waals surface area contributed by atoms with Crippen LogP contribution >= 0.6 is 0 Å². The molecule has 13 heteroatoms. The molecule has 51 heavy (non-hydrogen) atoms. The summed E-state index contributed by atoms with van der Waals surface area (Å²) in [6, 6.07) is 16.2. The normalized spacial score (nSPS) is 22.0. The highest BCUT2D eigenvalue weighted by atomic mass is 16.5. The number of fused-ring (bicyclic) bond motifs is 1. The third-order valence-corrected chi connectivity index (χ3v) is 10.6. The fraction of sp³-hybridized carbons (Fsp3) is 0.447. The van der Waals surface area contributed by atoms with Crippen molar-refractivity contribution in [2.45, 2.75) is 52.3 Å². The Morgan fingerprint density at radius 3 is 2.51 bits per heavy atom. The zero-order chi connectivity index (χ0) is 35.3. The number of nitrogens with zero attached hydrogens (tertiary/aromatic N) is 10. The third kappa shape index (κ3) is 6.35. The zero-order valence-corrected chi connectivity index (χ0v) is 29.7. The summed E-state index contributed by atoms with van der Waals surface area (Å²) in [5.41, 5.74) is 5.11. The summed E-state index contributed by atoms with van der Waals surface area (Å²) in [5.74, 6) is 2.17. The molecule has 0 aliphatic carbocycles. The van der Waals surface area contributed by atoms with Crippen molar-refractivity contribution in [3.8, 4) is 17.3 Å². The number of hydrogen-bond acceptors (Lipinski definition) is 10. The monoisotopic (exact) mass is 688 g/mol. The molecule has 1 unspecified atom stereocenters. The fourth-order valence-corrected chi connectivity index (χ4v) is 7.91. The van der Waals surface area contributed by atoms with Gasteiger partial charge in [0.1, 0.15) is 12.1 Å². The Hall–Kier alpha value is -5.17. The highest BCUT2D eigenvalue weighted by molar-refractivity contribution is 6.14. The predicted molar refractivity (Wildman–Crippen MR) is 194 cm³/mol. The van der Waals surface area contributed by atoms with E-state index in [1.165, 1.54) is 0 Å². The highest BCUT2D eigenvalue weighted by Gasteiger charge is 2.51. The molecule has 4 aromatic rings. The van der Waals surface area contributed by atoms with Gasteiger partial charge in [0, 0.05) is 80.5 Å². The third-order valence-electron chi connectivity index (χ3n) is 10.6. The van der Waals surface area contributed by atoms with Gasteiger partial charge in [0.05, 0.1) is 36.0 Å². The predicted octanol–water partition coefficient (Wildman–Crippen LogP) is 3.58. The van der Waals surface area contributed by atoms with Crippen molar-refractivity contribution in [3.05, 3.63) is 77.9 Å². The van der Waals surface area contributed by atoms with Crippen LogP contribution in [0.2, 0.25) is 0 Å². The lowest BCUT2D eigenvalue weighted by molar-refractivity contribution is -0.135. The number of likely N-dealkylation sites (tertiary alicyclic amines) is 1. The quantitative estimate of drug-likeness (QED) is 0.273. The van der Waals surface area contributed by atoms with Crippen LogP contribution in [-0.2, 0) is 23.2 Å². The van der Waals surface area contributed by atoms with Crippen LogP contribution in [0.1, 0.15) is 50.4 Å². The molecule has 3 fully saturated rings. The first-order valence-corrected chi connectivity index (χ1v) is 17.9. The van der Waals surface area contributed by atoms with Crippen molar-refractivity contribution >= 4 is 29.0 Å². The van der Waals surface area contributed by atoms with Crippen molar-refractivity contribution in [2.75, 3.05) is 55.6 Å². The van der Waals surface area contributed by atoms with E-state index in [4.69, 9.17) is 14.7 Å². The van der Waals surface area contributed by atoms with Crippen LogP contribution < -0.4 is 14.5 Å². The first-order valence-electron chi connectivity index (χ1n) is 17.9. The summed E-state index contributed by atoms with van der Waals surface area (Å²) < 4.78 is 7.40. The maximum Gasteiger partial charge on any atom is 0.237 e. The van der Waals surface area contributed by atoms with Crippen molar-refractivity contribution in [1.29, 1.82) is 0 Å². The molecule has 1 spiro atoms. The molecule has 4 aliphatic heterocycles. The minimum Gasteiger partial charge on any atom is -0.475 e. The molecule has 2 amide bonds. The number of aliphatic imine (C=N–C) groups is 1. The first kappa shape index (κ1) is 33.0. The SMILES string of the molecule is CC(C)Oc1ccc(C2=NCc3ccc(N4CC[C@]5(CCN(CC(=O)N6CCN(c7ccc(-c8ncn(C)n8)cc7)CC6C)C5)C4=O)nc32)cn1. The van der Waals surface area contributed by atoms with E-state index >= 15 is 0 Å². The second kappa shape index (κ2) is 13.2. The maximum absolute atomic E-state index is 14.1. The van der Waals surface area contributed by atoms with Gasteiger partial charge in [0.2, 0.25) is 17.7 Å². The Kier molecular flexibility index (Phi) is 8.53. The van der Waals surface area contributed by atoms with Crippen LogP contribution in [0.15, 0.2) is 66.0 Å². The Bertz CT molecular complexity index is 1970. The molecular formula is C38H44N10O3.